The van der Waals surface area contributed by atoms with Crippen LogP contribution in [0.1, 0.15) is 63.3 Å². The van der Waals surface area contributed by atoms with Gasteiger partial charge in [0.2, 0.25) is 11.8 Å². The zero-order valence-electron chi connectivity index (χ0n) is 22.6. The molecule has 0 aliphatic rings. The van der Waals surface area contributed by atoms with Gasteiger partial charge in [0, 0.05) is 31.0 Å². The van der Waals surface area contributed by atoms with Crippen LogP contribution in [0.15, 0.2) is 78.9 Å². The molecular weight excluding hydrogens is 463 g/mol. The van der Waals surface area contributed by atoms with Gasteiger partial charge in [-0.2, -0.15) is 0 Å². The van der Waals surface area contributed by atoms with Crippen molar-refractivity contribution in [3.63, 3.8) is 0 Å². The van der Waals surface area contributed by atoms with Crippen LogP contribution >= 0.6 is 0 Å². The number of hydrogen-bond acceptors (Lipinski definition) is 2. The molecule has 4 nitrogen and oxygen atoms in total. The van der Waals surface area contributed by atoms with Crippen molar-refractivity contribution in [2.45, 2.75) is 77.9 Å². The quantitative estimate of drug-likeness (QED) is 0.358. The first-order chi connectivity index (χ1) is 17.5. The van der Waals surface area contributed by atoms with E-state index < -0.39 is 6.04 Å². The Balaban J connectivity index is 1.89. The minimum absolute atomic E-state index is 0.0253. The minimum Gasteiger partial charge on any atom is -0.352 e. The third kappa shape index (κ3) is 8.28. The zero-order chi connectivity index (χ0) is 27.0. The van der Waals surface area contributed by atoms with Crippen molar-refractivity contribution in [3.05, 3.63) is 107 Å². The average Bonchev–Trinajstić information content (AvgIpc) is 2.85. The Hall–Kier alpha value is -3.47. The lowest BCUT2D eigenvalue weighted by Gasteiger charge is -2.32. The van der Waals surface area contributed by atoms with Crippen LogP contribution in [0, 0.1) is 5.82 Å². The first-order valence-electron chi connectivity index (χ1n) is 13.0. The molecule has 0 aliphatic carbocycles. The number of nitrogens with one attached hydrogen (secondary N) is 1. The summed E-state index contributed by atoms with van der Waals surface area (Å²) in [5, 5.41) is 2.97. The lowest BCUT2D eigenvalue weighted by molar-refractivity contribution is -0.141. The SMILES string of the molecule is CC(C)NC(=O)[C@@H](Cc1ccccc1)N(Cc1ccccc1F)C(=O)CCc1ccc(C(C)(C)C)cc1. The summed E-state index contributed by atoms with van der Waals surface area (Å²) in [5.74, 6) is -0.804. The molecular formula is C32H39FN2O2. The molecule has 0 aliphatic heterocycles. The van der Waals surface area contributed by atoms with Crippen molar-refractivity contribution in [3.8, 4) is 0 Å². The maximum absolute atomic E-state index is 14.7. The van der Waals surface area contributed by atoms with Gasteiger partial charge >= 0.3 is 0 Å². The van der Waals surface area contributed by atoms with Gasteiger partial charge in [-0.3, -0.25) is 9.59 Å². The number of aryl methyl sites for hydroxylation is 1. The number of carbonyl (C=O) groups excluding carboxylic acids is 2. The molecule has 0 radical (unpaired) electrons. The topological polar surface area (TPSA) is 49.4 Å². The molecule has 5 heteroatoms. The summed E-state index contributed by atoms with van der Waals surface area (Å²) in [7, 11) is 0. The van der Waals surface area contributed by atoms with Gasteiger partial charge < -0.3 is 10.2 Å². The van der Waals surface area contributed by atoms with E-state index in [9.17, 15) is 14.0 Å². The van der Waals surface area contributed by atoms with Gasteiger partial charge in [-0.15, -0.1) is 0 Å². The fourth-order valence-electron chi connectivity index (χ4n) is 4.31. The number of amides is 2. The van der Waals surface area contributed by atoms with Crippen LogP contribution in [0.2, 0.25) is 0 Å². The van der Waals surface area contributed by atoms with E-state index in [-0.39, 0.29) is 42.1 Å². The van der Waals surface area contributed by atoms with Crippen molar-refractivity contribution in [2.75, 3.05) is 0 Å². The second-order valence-electron chi connectivity index (χ2n) is 10.9. The third-order valence-corrected chi connectivity index (χ3v) is 6.45. The van der Waals surface area contributed by atoms with E-state index in [1.807, 2.05) is 44.2 Å². The van der Waals surface area contributed by atoms with E-state index in [1.165, 1.54) is 11.6 Å². The number of benzene rings is 3. The highest BCUT2D eigenvalue weighted by molar-refractivity contribution is 5.88. The third-order valence-electron chi connectivity index (χ3n) is 6.45. The second-order valence-corrected chi connectivity index (χ2v) is 10.9. The molecule has 3 rings (SSSR count). The average molecular weight is 503 g/mol. The zero-order valence-corrected chi connectivity index (χ0v) is 22.6. The number of hydrogen-bond donors (Lipinski definition) is 1. The highest BCUT2D eigenvalue weighted by Gasteiger charge is 2.31. The van der Waals surface area contributed by atoms with Crippen LogP contribution in [-0.4, -0.2) is 28.8 Å². The second kappa shape index (κ2) is 12.7. The van der Waals surface area contributed by atoms with Crippen molar-refractivity contribution in [2.24, 2.45) is 0 Å². The van der Waals surface area contributed by atoms with Gasteiger partial charge in [0.1, 0.15) is 11.9 Å². The van der Waals surface area contributed by atoms with Crippen LogP contribution < -0.4 is 5.32 Å². The standard InChI is InChI=1S/C32H39FN2O2/c1-23(2)34-31(37)29(21-25-11-7-6-8-12-25)35(22-26-13-9-10-14-28(26)33)30(36)20-17-24-15-18-27(19-16-24)32(3,4)5/h6-16,18-19,23,29H,17,20-22H2,1-5H3,(H,34,37)/t29-/m1/s1. The molecule has 3 aromatic carbocycles. The molecule has 0 heterocycles. The maximum atomic E-state index is 14.7. The van der Waals surface area contributed by atoms with Crippen molar-refractivity contribution in [1.82, 2.24) is 10.2 Å². The van der Waals surface area contributed by atoms with Crippen molar-refractivity contribution in [1.29, 1.82) is 0 Å². The van der Waals surface area contributed by atoms with Gasteiger partial charge in [-0.05, 0) is 48.4 Å². The Bertz CT molecular complexity index is 1170. The van der Waals surface area contributed by atoms with Crippen molar-refractivity contribution < 1.29 is 14.0 Å². The lowest BCUT2D eigenvalue weighted by atomic mass is 9.86. The van der Waals surface area contributed by atoms with E-state index in [0.29, 0.717) is 18.4 Å². The van der Waals surface area contributed by atoms with E-state index in [0.717, 1.165) is 11.1 Å². The molecule has 0 saturated carbocycles. The van der Waals surface area contributed by atoms with E-state index in [1.54, 1.807) is 23.1 Å². The smallest absolute Gasteiger partial charge is 0.243 e. The van der Waals surface area contributed by atoms with Crippen LogP contribution in [0.25, 0.3) is 0 Å². The fraction of sp³-hybridized carbons (Fsp3) is 0.375. The summed E-state index contributed by atoms with van der Waals surface area (Å²) in [6, 6.07) is 23.5. The van der Waals surface area contributed by atoms with Gasteiger partial charge in [-0.1, -0.05) is 93.6 Å². The van der Waals surface area contributed by atoms with E-state index in [4.69, 9.17) is 0 Å². The molecule has 0 fully saturated rings. The van der Waals surface area contributed by atoms with Gasteiger partial charge in [0.15, 0.2) is 0 Å². The molecule has 0 spiro atoms. The van der Waals surface area contributed by atoms with Crippen molar-refractivity contribution >= 4 is 11.8 Å². The normalized spacial score (nSPS) is 12.3. The molecule has 0 unspecified atom stereocenters. The minimum atomic E-state index is -0.764. The Morgan fingerprint density at radius 3 is 2.08 bits per heavy atom. The number of halogens is 1. The van der Waals surface area contributed by atoms with E-state index >= 15 is 0 Å². The lowest BCUT2D eigenvalue weighted by Crippen LogP contribution is -2.52. The number of carbonyl (C=O) groups is 2. The Kier molecular flexibility index (Phi) is 9.62. The van der Waals surface area contributed by atoms with Crippen LogP contribution in [0.5, 0.6) is 0 Å². The first kappa shape index (κ1) is 28.1. The fourth-order valence-corrected chi connectivity index (χ4v) is 4.31. The highest BCUT2D eigenvalue weighted by Crippen LogP contribution is 2.23. The predicted octanol–water partition coefficient (Wildman–Crippen LogP) is 6.22. The molecule has 2 amide bonds. The summed E-state index contributed by atoms with van der Waals surface area (Å²) in [6.45, 7) is 10.3. The van der Waals surface area contributed by atoms with Crippen LogP contribution in [-0.2, 0) is 34.4 Å². The highest BCUT2D eigenvalue weighted by atomic mass is 19.1. The molecule has 196 valence electrons. The molecule has 0 saturated heterocycles. The van der Waals surface area contributed by atoms with Crippen LogP contribution in [0.4, 0.5) is 4.39 Å². The molecule has 0 aromatic heterocycles. The summed E-state index contributed by atoms with van der Waals surface area (Å²) in [6.07, 6.45) is 1.12. The molecule has 3 aromatic rings. The number of rotatable bonds is 10. The van der Waals surface area contributed by atoms with Gasteiger partial charge in [0.25, 0.3) is 0 Å². The molecule has 1 N–H and O–H groups in total. The molecule has 1 atom stereocenters. The molecule has 37 heavy (non-hydrogen) atoms. The van der Waals surface area contributed by atoms with Gasteiger partial charge in [-0.25, -0.2) is 4.39 Å². The summed E-state index contributed by atoms with van der Waals surface area (Å²) < 4.78 is 14.7. The summed E-state index contributed by atoms with van der Waals surface area (Å²) in [4.78, 5) is 28.6. The van der Waals surface area contributed by atoms with Gasteiger partial charge in [0.05, 0.1) is 0 Å². The summed E-state index contributed by atoms with van der Waals surface area (Å²) in [5.41, 5.74) is 3.67. The largest absolute Gasteiger partial charge is 0.352 e. The Morgan fingerprint density at radius 1 is 0.865 bits per heavy atom. The predicted molar refractivity (Wildman–Crippen MR) is 148 cm³/mol. The Labute approximate surface area is 220 Å². The number of nitrogens with zero attached hydrogens (tertiary/aromatic N) is 1. The monoisotopic (exact) mass is 502 g/mol. The first-order valence-corrected chi connectivity index (χ1v) is 13.0. The maximum Gasteiger partial charge on any atom is 0.243 e. The van der Waals surface area contributed by atoms with E-state index in [2.05, 4.69) is 50.4 Å². The van der Waals surface area contributed by atoms with Crippen LogP contribution in [0.3, 0.4) is 0 Å². The Morgan fingerprint density at radius 2 is 1.49 bits per heavy atom. The molecule has 0 bridgehead atoms. The summed E-state index contributed by atoms with van der Waals surface area (Å²) >= 11 is 0.